The van der Waals surface area contributed by atoms with E-state index < -0.39 is 18.5 Å². The van der Waals surface area contributed by atoms with Gasteiger partial charge in [0.05, 0.1) is 17.8 Å². The third-order valence-corrected chi connectivity index (χ3v) is 7.81. The highest BCUT2D eigenvalue weighted by Crippen LogP contribution is 2.36. The predicted molar refractivity (Wildman–Crippen MR) is 141 cm³/mol. The first-order valence-electron chi connectivity index (χ1n) is 11.8. The minimum absolute atomic E-state index is 0.430. The Morgan fingerprint density at radius 1 is 1.25 bits per heavy atom. The summed E-state index contributed by atoms with van der Waals surface area (Å²) in [5.74, 6) is -1.10. The third-order valence-electron chi connectivity index (χ3n) is 6.23. The van der Waals surface area contributed by atoms with E-state index in [1.54, 1.807) is 6.08 Å². The molecule has 3 aromatic rings. The molecule has 0 saturated heterocycles. The molecule has 0 bridgehead atoms. The lowest BCUT2D eigenvalue weighted by Crippen LogP contribution is -2.20. The van der Waals surface area contributed by atoms with Gasteiger partial charge in [-0.05, 0) is 62.8 Å². The number of benzene rings is 1. The number of amides is 1. The molecule has 0 radical (unpaired) electrons. The molecule has 0 aliphatic heterocycles. The number of nitrogens with one attached hydrogen (secondary N) is 1. The smallest absolute Gasteiger partial charge is 0.331 e. The number of nitrogens with zero attached hydrogens (tertiary/aromatic N) is 3. The van der Waals surface area contributed by atoms with Gasteiger partial charge >= 0.3 is 5.97 Å². The minimum atomic E-state index is -0.634. The van der Waals surface area contributed by atoms with Crippen LogP contribution in [0.4, 0.5) is 5.00 Å². The van der Waals surface area contributed by atoms with Crippen LogP contribution >= 0.6 is 22.9 Å². The number of halogens is 1. The summed E-state index contributed by atoms with van der Waals surface area (Å²) < 4.78 is 6.97. The van der Waals surface area contributed by atoms with E-state index in [0.717, 1.165) is 60.2 Å². The first-order chi connectivity index (χ1) is 17.4. The summed E-state index contributed by atoms with van der Waals surface area (Å²) in [5, 5.41) is 18.1. The topological polar surface area (TPSA) is 97.0 Å². The van der Waals surface area contributed by atoms with Gasteiger partial charge in [-0.15, -0.1) is 11.3 Å². The van der Waals surface area contributed by atoms with Crippen molar-refractivity contribution in [2.75, 3.05) is 11.9 Å². The maximum absolute atomic E-state index is 12.4. The second-order valence-electron chi connectivity index (χ2n) is 8.70. The minimum Gasteiger partial charge on any atom is -0.452 e. The van der Waals surface area contributed by atoms with Gasteiger partial charge in [0, 0.05) is 27.2 Å². The Hall–Kier alpha value is -3.41. The molecule has 7 nitrogen and oxygen atoms in total. The lowest BCUT2D eigenvalue weighted by Gasteiger charge is -2.06. The normalized spacial score (nSPS) is 13.2. The van der Waals surface area contributed by atoms with E-state index in [0.29, 0.717) is 22.1 Å². The van der Waals surface area contributed by atoms with Gasteiger partial charge in [-0.25, -0.2) is 4.79 Å². The average molecular weight is 523 g/mol. The quantitative estimate of drug-likeness (QED) is 0.247. The van der Waals surface area contributed by atoms with Crippen molar-refractivity contribution in [1.29, 1.82) is 5.26 Å². The molecule has 4 rings (SSSR count). The Morgan fingerprint density at radius 3 is 2.81 bits per heavy atom. The van der Waals surface area contributed by atoms with Gasteiger partial charge in [-0.1, -0.05) is 36.2 Å². The SMILES string of the molecule is Cc1nn(Cc2ccccc2Cl)c(C)c1C=CC(=O)OCC(=O)Nc1sc2c(c1C#N)CCCCC2. The zero-order valence-corrected chi connectivity index (χ0v) is 21.8. The number of fused-ring (bicyclic) bond motifs is 1. The van der Waals surface area contributed by atoms with Crippen LogP contribution in [0.3, 0.4) is 0 Å². The van der Waals surface area contributed by atoms with Crippen LogP contribution in [0, 0.1) is 25.2 Å². The Kier molecular flexibility index (Phi) is 8.24. The first kappa shape index (κ1) is 25.7. The molecule has 0 spiro atoms. The van der Waals surface area contributed by atoms with Gasteiger partial charge in [0.2, 0.25) is 0 Å². The molecule has 1 amide bonds. The van der Waals surface area contributed by atoms with Crippen LogP contribution in [-0.2, 0) is 33.7 Å². The number of ether oxygens (including phenoxy) is 1. The molecular formula is C27H27ClN4O3S. The van der Waals surface area contributed by atoms with Gasteiger partial charge < -0.3 is 10.1 Å². The molecule has 2 aromatic heterocycles. The second kappa shape index (κ2) is 11.5. The monoisotopic (exact) mass is 522 g/mol. The molecule has 1 N–H and O–H groups in total. The zero-order valence-electron chi connectivity index (χ0n) is 20.3. The van der Waals surface area contributed by atoms with Crippen molar-refractivity contribution < 1.29 is 14.3 Å². The first-order valence-corrected chi connectivity index (χ1v) is 13.0. The number of hydrogen-bond acceptors (Lipinski definition) is 6. The number of aryl methyl sites for hydroxylation is 2. The van der Waals surface area contributed by atoms with Crippen molar-refractivity contribution in [3.63, 3.8) is 0 Å². The third kappa shape index (κ3) is 5.86. The number of aromatic nitrogens is 2. The van der Waals surface area contributed by atoms with Crippen molar-refractivity contribution in [2.24, 2.45) is 0 Å². The van der Waals surface area contributed by atoms with Crippen molar-refractivity contribution in [2.45, 2.75) is 52.5 Å². The van der Waals surface area contributed by atoms with Gasteiger partial charge in [0.1, 0.15) is 11.1 Å². The van der Waals surface area contributed by atoms with E-state index in [2.05, 4.69) is 16.5 Å². The molecular weight excluding hydrogens is 496 g/mol. The molecule has 0 saturated carbocycles. The van der Waals surface area contributed by atoms with Crippen LogP contribution in [0.1, 0.15) is 57.8 Å². The number of rotatable bonds is 7. The van der Waals surface area contributed by atoms with Crippen molar-refractivity contribution >= 4 is 45.9 Å². The largest absolute Gasteiger partial charge is 0.452 e. The Morgan fingerprint density at radius 2 is 2.03 bits per heavy atom. The molecule has 0 fully saturated rings. The maximum atomic E-state index is 12.4. The van der Waals surface area contributed by atoms with Crippen LogP contribution in [0.15, 0.2) is 30.3 Å². The Bertz CT molecular complexity index is 1370. The highest BCUT2D eigenvalue weighted by atomic mass is 35.5. The van der Waals surface area contributed by atoms with Crippen molar-refractivity contribution in [3.05, 3.63) is 73.9 Å². The van der Waals surface area contributed by atoms with E-state index in [1.165, 1.54) is 22.3 Å². The fourth-order valence-corrected chi connectivity index (χ4v) is 5.79. The van der Waals surface area contributed by atoms with E-state index >= 15 is 0 Å². The summed E-state index contributed by atoms with van der Waals surface area (Å²) in [6, 6.07) is 9.82. The van der Waals surface area contributed by atoms with Crippen molar-refractivity contribution in [3.8, 4) is 6.07 Å². The summed E-state index contributed by atoms with van der Waals surface area (Å²) in [7, 11) is 0. The lowest BCUT2D eigenvalue weighted by atomic mass is 10.1. The van der Waals surface area contributed by atoms with Gasteiger partial charge in [-0.3, -0.25) is 9.48 Å². The maximum Gasteiger partial charge on any atom is 0.331 e. The van der Waals surface area contributed by atoms with Crippen LogP contribution in [0.25, 0.3) is 6.08 Å². The van der Waals surface area contributed by atoms with Crippen LogP contribution < -0.4 is 5.32 Å². The molecule has 1 aliphatic rings. The average Bonchev–Trinajstić information content (AvgIpc) is 3.20. The second-order valence-corrected chi connectivity index (χ2v) is 10.2. The van der Waals surface area contributed by atoms with E-state index in [1.807, 2.05) is 42.8 Å². The Balaban J connectivity index is 1.35. The van der Waals surface area contributed by atoms with E-state index in [4.69, 9.17) is 16.3 Å². The number of nitriles is 1. The molecule has 36 heavy (non-hydrogen) atoms. The number of carbonyl (C=O) groups excluding carboxylic acids is 2. The van der Waals surface area contributed by atoms with Crippen molar-refractivity contribution in [1.82, 2.24) is 9.78 Å². The molecule has 186 valence electrons. The summed E-state index contributed by atoms with van der Waals surface area (Å²) in [6.07, 6.45) is 8.01. The molecule has 2 heterocycles. The number of carbonyl (C=O) groups is 2. The predicted octanol–water partition coefficient (Wildman–Crippen LogP) is 5.60. The van der Waals surface area contributed by atoms with Gasteiger partial charge in [0.15, 0.2) is 6.61 Å². The number of hydrogen-bond donors (Lipinski definition) is 1. The zero-order chi connectivity index (χ0) is 25.7. The number of esters is 1. The number of anilines is 1. The summed E-state index contributed by atoms with van der Waals surface area (Å²) in [6.45, 7) is 3.87. The van der Waals surface area contributed by atoms with Gasteiger partial charge in [-0.2, -0.15) is 10.4 Å². The standard InChI is InChI=1S/C27H27ClN4O3S/c1-17-20(18(2)32(31-17)15-19-8-6-7-10-23(19)28)12-13-26(34)35-16-25(33)30-27-22(14-29)21-9-4-3-5-11-24(21)36-27/h6-8,10,12-13H,3-5,9,11,15-16H2,1-2H3,(H,30,33). The van der Waals surface area contributed by atoms with E-state index in [-0.39, 0.29) is 0 Å². The van der Waals surface area contributed by atoms with Crippen LogP contribution in [-0.4, -0.2) is 28.3 Å². The molecule has 1 aromatic carbocycles. The van der Waals surface area contributed by atoms with E-state index in [9.17, 15) is 14.9 Å². The number of thiophene rings is 1. The van der Waals surface area contributed by atoms with Crippen LogP contribution in [0.2, 0.25) is 5.02 Å². The fraction of sp³-hybridized carbons (Fsp3) is 0.333. The van der Waals surface area contributed by atoms with Gasteiger partial charge in [0.25, 0.3) is 5.91 Å². The molecule has 0 atom stereocenters. The molecule has 9 heteroatoms. The van der Waals surface area contributed by atoms with Crippen LogP contribution in [0.5, 0.6) is 0 Å². The summed E-state index contributed by atoms with van der Waals surface area (Å²) in [4.78, 5) is 25.9. The lowest BCUT2D eigenvalue weighted by molar-refractivity contribution is -0.142. The highest BCUT2D eigenvalue weighted by Gasteiger charge is 2.21. The fourth-order valence-electron chi connectivity index (χ4n) is 4.34. The Labute approximate surface area is 219 Å². The highest BCUT2D eigenvalue weighted by molar-refractivity contribution is 7.16. The molecule has 1 aliphatic carbocycles. The summed E-state index contributed by atoms with van der Waals surface area (Å²) in [5.41, 5.74) is 5.00. The molecule has 0 unspecified atom stereocenters. The summed E-state index contributed by atoms with van der Waals surface area (Å²) >= 11 is 7.72.